The zero-order chi connectivity index (χ0) is 14.5. The van der Waals surface area contributed by atoms with Crippen molar-refractivity contribution in [2.24, 2.45) is 0 Å². The molecule has 0 aliphatic carbocycles. The van der Waals surface area contributed by atoms with Gasteiger partial charge in [0.1, 0.15) is 11.8 Å². The first kappa shape index (κ1) is 14.8. The number of aromatic nitrogens is 1. The Hall–Kier alpha value is -1.58. The van der Waals surface area contributed by atoms with Crippen LogP contribution in [0, 0.1) is 0 Å². The number of nitrogens with zero attached hydrogens (tertiary/aromatic N) is 1. The van der Waals surface area contributed by atoms with Gasteiger partial charge in [0, 0.05) is 16.3 Å². The van der Waals surface area contributed by atoms with Crippen LogP contribution in [0.2, 0.25) is 10.2 Å². The fourth-order valence-corrected chi connectivity index (χ4v) is 2.11. The maximum absolute atomic E-state index is 12.0. The molecule has 0 aliphatic rings. The van der Waals surface area contributed by atoms with E-state index in [9.17, 15) is 4.79 Å². The van der Waals surface area contributed by atoms with Gasteiger partial charge in [-0.25, -0.2) is 9.78 Å². The van der Waals surface area contributed by atoms with Gasteiger partial charge in [-0.05, 0) is 24.6 Å². The number of rotatable bonds is 4. The molecule has 0 radical (unpaired) electrons. The minimum atomic E-state index is -0.441. The predicted octanol–water partition coefficient (Wildman–Crippen LogP) is 4.31. The highest BCUT2D eigenvalue weighted by Gasteiger charge is 2.11. The summed E-state index contributed by atoms with van der Waals surface area (Å²) in [5, 5.41) is 0.858. The lowest BCUT2D eigenvalue weighted by atomic mass is 10.2. The zero-order valence-corrected chi connectivity index (χ0v) is 12.4. The van der Waals surface area contributed by atoms with Crippen molar-refractivity contribution in [2.75, 3.05) is 0 Å². The van der Waals surface area contributed by atoms with Crippen molar-refractivity contribution in [3.05, 3.63) is 63.4 Å². The van der Waals surface area contributed by atoms with E-state index in [4.69, 9.17) is 27.9 Å². The zero-order valence-electron chi connectivity index (χ0n) is 10.9. The summed E-state index contributed by atoms with van der Waals surface area (Å²) in [4.78, 5) is 16.1. The SMILES string of the molecule is CCc1cc(C(=O)OCc2ccccc2Cl)cc(Cl)n1. The molecule has 104 valence electrons. The van der Waals surface area contributed by atoms with Crippen LogP contribution in [0.3, 0.4) is 0 Å². The third kappa shape index (κ3) is 3.71. The van der Waals surface area contributed by atoms with E-state index in [1.54, 1.807) is 12.1 Å². The number of benzene rings is 1. The number of aryl methyl sites for hydroxylation is 1. The van der Waals surface area contributed by atoms with E-state index in [1.165, 1.54) is 6.07 Å². The lowest BCUT2D eigenvalue weighted by molar-refractivity contribution is 0.0472. The van der Waals surface area contributed by atoms with Gasteiger partial charge in [0.05, 0.1) is 5.56 Å². The van der Waals surface area contributed by atoms with Gasteiger partial charge in [-0.3, -0.25) is 0 Å². The molecule has 3 nitrogen and oxygen atoms in total. The van der Waals surface area contributed by atoms with Gasteiger partial charge >= 0.3 is 5.97 Å². The summed E-state index contributed by atoms with van der Waals surface area (Å²) in [5.74, 6) is -0.441. The highest BCUT2D eigenvalue weighted by atomic mass is 35.5. The second-order valence-corrected chi connectivity index (χ2v) is 4.99. The first-order valence-corrected chi connectivity index (χ1v) is 6.92. The summed E-state index contributed by atoms with van der Waals surface area (Å²) in [6, 6.07) is 10.4. The maximum Gasteiger partial charge on any atom is 0.338 e. The van der Waals surface area contributed by atoms with Crippen molar-refractivity contribution >= 4 is 29.2 Å². The second kappa shape index (κ2) is 6.73. The molecule has 0 N–H and O–H groups in total. The molecule has 2 rings (SSSR count). The molecule has 0 bridgehead atoms. The first-order chi connectivity index (χ1) is 9.60. The molecule has 0 fully saturated rings. The lowest BCUT2D eigenvalue weighted by Gasteiger charge is -2.07. The minimum absolute atomic E-state index is 0.125. The monoisotopic (exact) mass is 309 g/mol. The van der Waals surface area contributed by atoms with Crippen molar-refractivity contribution in [1.29, 1.82) is 0 Å². The Morgan fingerprint density at radius 2 is 2.00 bits per heavy atom. The molecule has 0 saturated carbocycles. The second-order valence-electron chi connectivity index (χ2n) is 4.19. The average molecular weight is 310 g/mol. The van der Waals surface area contributed by atoms with Gasteiger partial charge < -0.3 is 4.74 Å². The van der Waals surface area contributed by atoms with E-state index < -0.39 is 5.97 Å². The van der Waals surface area contributed by atoms with Gasteiger partial charge in [-0.1, -0.05) is 48.3 Å². The van der Waals surface area contributed by atoms with E-state index >= 15 is 0 Å². The van der Waals surface area contributed by atoms with Gasteiger partial charge in [0.2, 0.25) is 0 Å². The maximum atomic E-state index is 12.0. The van der Waals surface area contributed by atoms with Crippen LogP contribution < -0.4 is 0 Å². The van der Waals surface area contributed by atoms with E-state index in [1.807, 2.05) is 25.1 Å². The van der Waals surface area contributed by atoms with E-state index in [0.717, 1.165) is 11.3 Å². The molecule has 2 aromatic rings. The number of hydrogen-bond donors (Lipinski definition) is 0. The van der Waals surface area contributed by atoms with Crippen LogP contribution in [0.15, 0.2) is 36.4 Å². The number of carbonyl (C=O) groups excluding carboxylic acids is 1. The van der Waals surface area contributed by atoms with Gasteiger partial charge in [-0.2, -0.15) is 0 Å². The van der Waals surface area contributed by atoms with Crippen LogP contribution in [-0.4, -0.2) is 11.0 Å². The number of hydrogen-bond acceptors (Lipinski definition) is 3. The van der Waals surface area contributed by atoms with Crippen LogP contribution in [0.5, 0.6) is 0 Å². The molecule has 1 heterocycles. The number of ether oxygens (including phenoxy) is 1. The third-order valence-corrected chi connectivity index (χ3v) is 3.32. The Balaban J connectivity index is 2.09. The average Bonchev–Trinajstić information content (AvgIpc) is 2.45. The van der Waals surface area contributed by atoms with Crippen LogP contribution >= 0.6 is 23.2 Å². The normalized spacial score (nSPS) is 10.3. The number of carbonyl (C=O) groups is 1. The van der Waals surface area contributed by atoms with Crippen molar-refractivity contribution in [1.82, 2.24) is 4.98 Å². The van der Waals surface area contributed by atoms with Crippen LogP contribution in [0.25, 0.3) is 0 Å². The standard InChI is InChI=1S/C15H13Cl2NO2/c1-2-12-7-11(8-14(17)18-12)15(19)20-9-10-5-3-4-6-13(10)16/h3-8H,2,9H2,1H3. The molecule has 0 atom stereocenters. The van der Waals surface area contributed by atoms with Gasteiger partial charge in [-0.15, -0.1) is 0 Å². The summed E-state index contributed by atoms with van der Waals surface area (Å²) in [6.07, 6.45) is 0.700. The number of halogens is 2. The largest absolute Gasteiger partial charge is 0.457 e. The van der Waals surface area contributed by atoms with Gasteiger partial charge in [0.25, 0.3) is 0 Å². The summed E-state index contributed by atoms with van der Waals surface area (Å²) in [7, 11) is 0. The molecule has 0 aliphatic heterocycles. The topological polar surface area (TPSA) is 39.2 Å². The fraction of sp³-hybridized carbons (Fsp3) is 0.200. The quantitative estimate of drug-likeness (QED) is 0.624. The Morgan fingerprint density at radius 3 is 2.70 bits per heavy atom. The molecule has 0 unspecified atom stereocenters. The highest BCUT2D eigenvalue weighted by Crippen LogP contribution is 2.17. The van der Waals surface area contributed by atoms with Crippen molar-refractivity contribution in [3.8, 4) is 0 Å². The van der Waals surface area contributed by atoms with Crippen molar-refractivity contribution in [3.63, 3.8) is 0 Å². The Labute approximate surface area is 127 Å². The molecule has 1 aromatic carbocycles. The van der Waals surface area contributed by atoms with Crippen molar-refractivity contribution in [2.45, 2.75) is 20.0 Å². The van der Waals surface area contributed by atoms with E-state index in [0.29, 0.717) is 17.0 Å². The molecule has 0 amide bonds. The van der Waals surface area contributed by atoms with Crippen LogP contribution in [0.1, 0.15) is 28.5 Å². The Morgan fingerprint density at radius 1 is 1.25 bits per heavy atom. The fourth-order valence-electron chi connectivity index (χ4n) is 1.69. The van der Waals surface area contributed by atoms with E-state index in [-0.39, 0.29) is 11.8 Å². The van der Waals surface area contributed by atoms with Gasteiger partial charge in [0.15, 0.2) is 0 Å². The first-order valence-electron chi connectivity index (χ1n) is 6.17. The Kier molecular flexibility index (Phi) is 4.99. The van der Waals surface area contributed by atoms with Crippen LogP contribution in [-0.2, 0) is 17.8 Å². The third-order valence-electron chi connectivity index (χ3n) is 2.76. The number of esters is 1. The molecule has 5 heteroatoms. The summed E-state index contributed by atoms with van der Waals surface area (Å²) < 4.78 is 5.24. The smallest absolute Gasteiger partial charge is 0.338 e. The molecule has 0 spiro atoms. The molecule has 20 heavy (non-hydrogen) atoms. The van der Waals surface area contributed by atoms with E-state index in [2.05, 4.69) is 4.98 Å². The molecule has 0 saturated heterocycles. The molecular formula is C15H13Cl2NO2. The summed E-state index contributed by atoms with van der Waals surface area (Å²) >= 11 is 11.9. The Bertz CT molecular complexity index is 629. The molecule has 1 aromatic heterocycles. The highest BCUT2D eigenvalue weighted by molar-refractivity contribution is 6.31. The lowest BCUT2D eigenvalue weighted by Crippen LogP contribution is -2.07. The predicted molar refractivity (Wildman–Crippen MR) is 79.2 cm³/mol. The molecular weight excluding hydrogens is 297 g/mol. The summed E-state index contributed by atoms with van der Waals surface area (Å²) in [6.45, 7) is 2.07. The minimum Gasteiger partial charge on any atom is -0.457 e. The number of pyridine rings is 1. The van der Waals surface area contributed by atoms with Crippen LogP contribution in [0.4, 0.5) is 0 Å². The summed E-state index contributed by atoms with van der Waals surface area (Å²) in [5.41, 5.74) is 1.91. The van der Waals surface area contributed by atoms with Crippen molar-refractivity contribution < 1.29 is 9.53 Å².